The number of aliphatic hydroxyl groups is 1. The average molecular weight is 358 g/mol. The van der Waals surface area contributed by atoms with E-state index in [0.29, 0.717) is 12.8 Å². The number of carbonyl (C=O) groups is 2. The number of piperidine rings is 2. The monoisotopic (exact) mass is 358 g/mol. The predicted octanol–water partition coefficient (Wildman–Crippen LogP) is 1.57. The molecule has 2 amide bonds. The molecule has 140 valence electrons. The Morgan fingerprint density at radius 1 is 1.19 bits per heavy atom. The molecule has 2 atom stereocenters. The molecule has 3 aliphatic heterocycles. The van der Waals surface area contributed by atoms with Gasteiger partial charge >= 0.3 is 0 Å². The van der Waals surface area contributed by atoms with Gasteiger partial charge in [-0.15, -0.1) is 0 Å². The number of nitrogens with zero attached hydrogens (tertiary/aromatic N) is 1. The Morgan fingerprint density at radius 2 is 1.92 bits per heavy atom. The van der Waals surface area contributed by atoms with Crippen LogP contribution in [0.4, 0.5) is 5.69 Å². The maximum absolute atomic E-state index is 12.0. The number of hydrogen-bond donors (Lipinski definition) is 2. The Morgan fingerprint density at radius 3 is 2.54 bits per heavy atom. The number of rotatable bonds is 3. The lowest BCUT2D eigenvalue weighted by atomic mass is 9.76. The van der Waals surface area contributed by atoms with Crippen LogP contribution in [0.3, 0.4) is 0 Å². The summed E-state index contributed by atoms with van der Waals surface area (Å²) >= 11 is 0. The molecule has 6 nitrogen and oxygen atoms in total. The molecule has 3 aliphatic rings. The van der Waals surface area contributed by atoms with Crippen molar-refractivity contribution in [3.8, 4) is 0 Å². The fourth-order valence-corrected chi connectivity index (χ4v) is 4.53. The predicted molar refractivity (Wildman–Crippen MR) is 96.9 cm³/mol. The number of anilines is 1. The largest absolute Gasteiger partial charge is 0.394 e. The van der Waals surface area contributed by atoms with E-state index in [9.17, 15) is 14.7 Å². The molecule has 1 aromatic rings. The summed E-state index contributed by atoms with van der Waals surface area (Å²) in [5.74, 6) is -0.588. The lowest BCUT2D eigenvalue weighted by Gasteiger charge is -2.39. The maximum atomic E-state index is 12.0. The fraction of sp³-hybridized carbons (Fsp3) is 0.600. The van der Waals surface area contributed by atoms with Crippen LogP contribution in [-0.2, 0) is 14.3 Å². The molecule has 0 bridgehead atoms. The minimum atomic E-state index is -0.225. The van der Waals surface area contributed by atoms with Gasteiger partial charge in [0.1, 0.15) is 0 Å². The van der Waals surface area contributed by atoms with Crippen LogP contribution in [0.25, 0.3) is 0 Å². The molecular formula is C20H26N2O4. The Hall–Kier alpha value is -1.92. The van der Waals surface area contributed by atoms with Gasteiger partial charge in [0.15, 0.2) is 0 Å². The smallest absolute Gasteiger partial charge is 0.234 e. The molecule has 0 radical (unpaired) electrons. The molecule has 4 rings (SSSR count). The molecule has 26 heavy (non-hydrogen) atoms. The van der Waals surface area contributed by atoms with E-state index >= 15 is 0 Å². The highest BCUT2D eigenvalue weighted by Gasteiger charge is 2.42. The number of carbonyl (C=O) groups excluding carboxylic acids is 2. The van der Waals surface area contributed by atoms with E-state index in [2.05, 4.69) is 22.3 Å². The van der Waals surface area contributed by atoms with Gasteiger partial charge in [-0.1, -0.05) is 12.1 Å². The van der Waals surface area contributed by atoms with E-state index in [4.69, 9.17) is 4.74 Å². The van der Waals surface area contributed by atoms with Crippen molar-refractivity contribution in [2.45, 2.75) is 44.1 Å². The minimum Gasteiger partial charge on any atom is -0.394 e. The zero-order chi connectivity index (χ0) is 18.1. The summed E-state index contributed by atoms with van der Waals surface area (Å²) in [5, 5.41) is 11.7. The second kappa shape index (κ2) is 7.00. The lowest BCUT2D eigenvalue weighted by molar-refractivity contribution is -0.134. The number of imide groups is 1. The molecule has 2 N–H and O–H groups in total. The first-order valence-electron chi connectivity index (χ1n) is 9.50. The van der Waals surface area contributed by atoms with Crippen LogP contribution in [0.2, 0.25) is 0 Å². The van der Waals surface area contributed by atoms with Crippen LogP contribution in [-0.4, -0.2) is 49.3 Å². The van der Waals surface area contributed by atoms with E-state index in [-0.39, 0.29) is 35.9 Å². The summed E-state index contributed by atoms with van der Waals surface area (Å²) in [6, 6.07) is 8.19. The molecule has 0 aromatic heterocycles. The van der Waals surface area contributed by atoms with E-state index in [1.54, 1.807) is 0 Å². The first-order chi connectivity index (χ1) is 12.6. The van der Waals surface area contributed by atoms with Crippen LogP contribution < -0.4 is 10.2 Å². The van der Waals surface area contributed by atoms with Gasteiger partial charge in [0, 0.05) is 25.2 Å². The molecule has 0 saturated carbocycles. The number of ether oxygens (including phenoxy) is 1. The van der Waals surface area contributed by atoms with Crippen molar-refractivity contribution >= 4 is 17.5 Å². The van der Waals surface area contributed by atoms with Crippen molar-refractivity contribution < 1.29 is 19.4 Å². The Labute approximate surface area is 153 Å². The minimum absolute atomic E-state index is 0.00866. The van der Waals surface area contributed by atoms with Crippen LogP contribution in [0.5, 0.6) is 0 Å². The lowest BCUT2D eigenvalue weighted by Crippen LogP contribution is -2.41. The third kappa shape index (κ3) is 3.35. The van der Waals surface area contributed by atoms with Crippen LogP contribution in [0, 0.1) is 5.41 Å². The van der Waals surface area contributed by atoms with Gasteiger partial charge in [-0.25, -0.2) is 0 Å². The molecule has 3 saturated heterocycles. The number of nitrogens with one attached hydrogen (secondary N) is 1. The van der Waals surface area contributed by atoms with Crippen molar-refractivity contribution in [2.75, 3.05) is 31.2 Å². The zero-order valence-electron chi connectivity index (χ0n) is 14.9. The third-order valence-corrected chi connectivity index (χ3v) is 6.21. The van der Waals surface area contributed by atoms with E-state index < -0.39 is 0 Å². The summed E-state index contributed by atoms with van der Waals surface area (Å²) in [6.45, 7) is 2.85. The van der Waals surface area contributed by atoms with Crippen LogP contribution in [0.15, 0.2) is 24.3 Å². The zero-order valence-corrected chi connectivity index (χ0v) is 14.9. The van der Waals surface area contributed by atoms with Gasteiger partial charge in [-0.2, -0.15) is 0 Å². The third-order valence-electron chi connectivity index (χ3n) is 6.21. The van der Waals surface area contributed by atoms with Crippen molar-refractivity contribution in [2.24, 2.45) is 5.41 Å². The summed E-state index contributed by atoms with van der Waals surface area (Å²) < 4.78 is 5.71. The highest BCUT2D eigenvalue weighted by atomic mass is 16.5. The highest BCUT2D eigenvalue weighted by Crippen LogP contribution is 2.42. The van der Waals surface area contributed by atoms with Gasteiger partial charge in [0.2, 0.25) is 11.8 Å². The quantitative estimate of drug-likeness (QED) is 0.802. The van der Waals surface area contributed by atoms with E-state index in [0.717, 1.165) is 44.5 Å². The van der Waals surface area contributed by atoms with Gasteiger partial charge < -0.3 is 14.7 Å². The summed E-state index contributed by atoms with van der Waals surface area (Å²) in [7, 11) is 0. The summed E-state index contributed by atoms with van der Waals surface area (Å²) in [5.41, 5.74) is 2.38. The maximum Gasteiger partial charge on any atom is 0.234 e. The standard InChI is InChI=1S/C20H26N2O4/c23-12-16-11-20(13-26-16)7-9-22(10-8-20)15-3-1-14(2-4-15)17-5-6-18(24)21-19(17)25/h1-4,16-17,23H,5-13H2,(H,21,24,25). The summed E-state index contributed by atoms with van der Waals surface area (Å²) in [4.78, 5) is 25.7. The Kier molecular flexibility index (Phi) is 4.71. The van der Waals surface area contributed by atoms with Crippen molar-refractivity contribution in [3.05, 3.63) is 29.8 Å². The van der Waals surface area contributed by atoms with E-state index in [1.807, 2.05) is 12.1 Å². The normalized spacial score (nSPS) is 28.4. The number of amides is 2. The highest BCUT2D eigenvalue weighted by molar-refractivity contribution is 6.00. The molecule has 1 spiro atoms. The Balaban J connectivity index is 1.38. The SMILES string of the molecule is O=C1CCC(c2ccc(N3CCC4(CC3)COC(CO)C4)cc2)C(=O)N1. The second-order valence-electron chi connectivity index (χ2n) is 7.90. The van der Waals surface area contributed by atoms with Gasteiger partial charge in [-0.3, -0.25) is 14.9 Å². The molecule has 0 aliphatic carbocycles. The van der Waals surface area contributed by atoms with Crippen LogP contribution in [0.1, 0.15) is 43.6 Å². The topological polar surface area (TPSA) is 78.9 Å². The van der Waals surface area contributed by atoms with Crippen LogP contribution >= 0.6 is 0 Å². The first kappa shape index (κ1) is 17.5. The van der Waals surface area contributed by atoms with Crippen molar-refractivity contribution in [1.29, 1.82) is 0 Å². The molecule has 3 fully saturated rings. The molecule has 3 heterocycles. The van der Waals surface area contributed by atoms with Crippen molar-refractivity contribution in [1.82, 2.24) is 5.32 Å². The molecule has 6 heteroatoms. The molecule has 1 aromatic carbocycles. The summed E-state index contributed by atoms with van der Waals surface area (Å²) in [6.07, 6.45) is 4.13. The first-order valence-corrected chi connectivity index (χ1v) is 9.50. The number of benzene rings is 1. The van der Waals surface area contributed by atoms with Gasteiger partial charge in [0.05, 0.1) is 25.2 Å². The fourth-order valence-electron chi connectivity index (χ4n) is 4.53. The van der Waals surface area contributed by atoms with Gasteiger partial charge in [0.25, 0.3) is 0 Å². The average Bonchev–Trinajstić information content (AvgIpc) is 3.06. The molecule has 2 unspecified atom stereocenters. The second-order valence-corrected chi connectivity index (χ2v) is 7.90. The number of aliphatic hydroxyl groups excluding tert-OH is 1. The van der Waals surface area contributed by atoms with E-state index in [1.165, 1.54) is 5.69 Å². The Bertz CT molecular complexity index is 680. The van der Waals surface area contributed by atoms with Crippen molar-refractivity contribution in [3.63, 3.8) is 0 Å². The van der Waals surface area contributed by atoms with Gasteiger partial charge in [-0.05, 0) is 48.8 Å². The molecular weight excluding hydrogens is 332 g/mol. The number of hydrogen-bond acceptors (Lipinski definition) is 5.